The quantitative estimate of drug-likeness (QED) is 0.193. The van der Waals surface area contributed by atoms with Gasteiger partial charge in [-0.25, -0.2) is 10.2 Å². The molecule has 0 atom stereocenters. The second-order valence-electron chi connectivity index (χ2n) is 5.78. The molecule has 0 aromatic heterocycles. The van der Waals surface area contributed by atoms with Crippen molar-refractivity contribution in [3.63, 3.8) is 0 Å². The van der Waals surface area contributed by atoms with E-state index in [2.05, 4.69) is 42.4 Å². The van der Waals surface area contributed by atoms with Crippen LogP contribution in [0.15, 0.2) is 80.8 Å². The van der Waals surface area contributed by atoms with Crippen molar-refractivity contribution in [1.29, 1.82) is 0 Å². The highest BCUT2D eigenvalue weighted by molar-refractivity contribution is 9.10. The molecular formula is C21H13Br2ClN2O3. The molecule has 8 heteroatoms. The van der Waals surface area contributed by atoms with Gasteiger partial charge in [-0.3, -0.25) is 4.79 Å². The fourth-order valence-electron chi connectivity index (χ4n) is 2.28. The van der Waals surface area contributed by atoms with Crippen LogP contribution in [0.3, 0.4) is 0 Å². The van der Waals surface area contributed by atoms with Crippen molar-refractivity contribution in [3.05, 3.63) is 97.4 Å². The van der Waals surface area contributed by atoms with E-state index in [0.29, 0.717) is 27.5 Å². The van der Waals surface area contributed by atoms with Crippen LogP contribution >= 0.6 is 43.5 Å². The van der Waals surface area contributed by atoms with E-state index in [0.717, 1.165) is 8.95 Å². The molecule has 1 N–H and O–H groups in total. The maximum Gasteiger partial charge on any atom is 0.343 e. The van der Waals surface area contributed by atoms with Crippen molar-refractivity contribution < 1.29 is 14.3 Å². The van der Waals surface area contributed by atoms with Crippen LogP contribution in [-0.2, 0) is 0 Å². The number of hydrogen-bond acceptors (Lipinski definition) is 4. The molecule has 5 nitrogen and oxygen atoms in total. The normalized spacial score (nSPS) is 10.7. The zero-order valence-electron chi connectivity index (χ0n) is 14.7. The Kier molecular flexibility index (Phi) is 7.19. The van der Waals surface area contributed by atoms with Gasteiger partial charge in [0.2, 0.25) is 0 Å². The highest BCUT2D eigenvalue weighted by Gasteiger charge is 2.12. The number of halogens is 3. The summed E-state index contributed by atoms with van der Waals surface area (Å²) < 4.78 is 7.11. The summed E-state index contributed by atoms with van der Waals surface area (Å²) in [6.45, 7) is 0. The van der Waals surface area contributed by atoms with E-state index in [9.17, 15) is 9.59 Å². The molecule has 0 radical (unpaired) electrons. The van der Waals surface area contributed by atoms with Crippen molar-refractivity contribution >= 4 is 61.6 Å². The van der Waals surface area contributed by atoms with Gasteiger partial charge in [-0.2, -0.15) is 5.10 Å². The van der Waals surface area contributed by atoms with Crippen LogP contribution in [0.25, 0.3) is 0 Å². The molecule has 3 aromatic rings. The van der Waals surface area contributed by atoms with E-state index in [4.69, 9.17) is 16.3 Å². The average Bonchev–Trinajstić information content (AvgIpc) is 2.70. The van der Waals surface area contributed by atoms with Crippen LogP contribution in [0.4, 0.5) is 0 Å². The van der Waals surface area contributed by atoms with Gasteiger partial charge in [-0.05, 0) is 66.7 Å². The van der Waals surface area contributed by atoms with E-state index in [1.165, 1.54) is 6.21 Å². The number of ether oxygens (including phenoxy) is 1. The lowest BCUT2D eigenvalue weighted by molar-refractivity contribution is 0.0734. The maximum atomic E-state index is 12.4. The predicted octanol–water partition coefficient (Wildman–Crippen LogP) is 5.85. The number of hydrogen-bond donors (Lipinski definition) is 1. The zero-order valence-corrected chi connectivity index (χ0v) is 18.7. The van der Waals surface area contributed by atoms with Crippen molar-refractivity contribution in [2.24, 2.45) is 5.10 Å². The van der Waals surface area contributed by atoms with Gasteiger partial charge < -0.3 is 4.74 Å². The Bertz CT molecular complexity index is 1070. The van der Waals surface area contributed by atoms with Gasteiger partial charge in [0.05, 0.1) is 11.8 Å². The van der Waals surface area contributed by atoms with Crippen LogP contribution in [-0.4, -0.2) is 18.1 Å². The minimum atomic E-state index is -0.530. The van der Waals surface area contributed by atoms with E-state index in [1.807, 2.05) is 0 Å². The van der Waals surface area contributed by atoms with Crippen molar-refractivity contribution in [2.45, 2.75) is 0 Å². The predicted molar refractivity (Wildman–Crippen MR) is 120 cm³/mol. The Morgan fingerprint density at radius 3 is 2.21 bits per heavy atom. The number of hydrazone groups is 1. The summed E-state index contributed by atoms with van der Waals surface area (Å²) in [5, 5.41) is 4.50. The molecule has 0 aliphatic carbocycles. The van der Waals surface area contributed by atoms with Gasteiger partial charge in [0.25, 0.3) is 5.91 Å². The van der Waals surface area contributed by atoms with Crippen LogP contribution < -0.4 is 10.2 Å². The molecule has 0 aliphatic rings. The molecule has 0 fully saturated rings. The molecular weight excluding hydrogens is 524 g/mol. The fraction of sp³-hybridized carbons (Fsp3) is 0. The Labute approximate surface area is 189 Å². The highest BCUT2D eigenvalue weighted by atomic mass is 79.9. The topological polar surface area (TPSA) is 67.8 Å². The standard InChI is InChI=1S/C21H13Br2ClN2O3/c22-16-5-1-13(2-6-16)20(27)26-25-12-15-11-17(23)7-10-19(15)29-21(28)14-3-8-18(24)9-4-14/h1-12H,(H,26,27). The molecule has 0 aliphatic heterocycles. The first kappa shape index (κ1) is 21.2. The average molecular weight is 537 g/mol. The molecule has 0 bridgehead atoms. The summed E-state index contributed by atoms with van der Waals surface area (Å²) in [4.78, 5) is 24.5. The highest BCUT2D eigenvalue weighted by Crippen LogP contribution is 2.23. The number of nitrogens with zero attached hydrogens (tertiary/aromatic N) is 1. The number of rotatable bonds is 5. The Balaban J connectivity index is 1.73. The summed E-state index contributed by atoms with van der Waals surface area (Å²) in [5.74, 6) is -0.587. The first-order valence-electron chi connectivity index (χ1n) is 8.28. The second-order valence-corrected chi connectivity index (χ2v) is 8.05. The maximum absolute atomic E-state index is 12.4. The third-order valence-corrected chi connectivity index (χ3v) is 5.00. The van der Waals surface area contributed by atoms with E-state index in [-0.39, 0.29) is 5.91 Å². The lowest BCUT2D eigenvalue weighted by atomic mass is 10.2. The molecule has 0 heterocycles. The molecule has 0 saturated carbocycles. The molecule has 3 aromatic carbocycles. The van der Waals surface area contributed by atoms with Crippen molar-refractivity contribution in [1.82, 2.24) is 5.43 Å². The summed E-state index contributed by atoms with van der Waals surface area (Å²) in [7, 11) is 0. The zero-order chi connectivity index (χ0) is 20.8. The van der Waals surface area contributed by atoms with Gasteiger partial charge in [-0.1, -0.05) is 43.5 Å². The molecule has 0 spiro atoms. The largest absolute Gasteiger partial charge is 0.422 e. The monoisotopic (exact) mass is 534 g/mol. The first-order valence-corrected chi connectivity index (χ1v) is 10.2. The number of benzene rings is 3. The van der Waals surface area contributed by atoms with Gasteiger partial charge in [-0.15, -0.1) is 0 Å². The third kappa shape index (κ3) is 6.00. The van der Waals surface area contributed by atoms with Crippen molar-refractivity contribution in [3.8, 4) is 5.75 Å². The summed E-state index contributed by atoms with van der Waals surface area (Å²) in [6, 6.07) is 18.4. The second kappa shape index (κ2) is 9.82. The fourth-order valence-corrected chi connectivity index (χ4v) is 3.05. The molecule has 29 heavy (non-hydrogen) atoms. The molecule has 0 unspecified atom stereocenters. The summed E-state index contributed by atoms with van der Waals surface area (Å²) in [5.41, 5.74) is 3.79. The smallest absolute Gasteiger partial charge is 0.343 e. The molecule has 1 amide bonds. The minimum absolute atomic E-state index is 0.301. The number of nitrogens with one attached hydrogen (secondary N) is 1. The lowest BCUT2D eigenvalue weighted by Gasteiger charge is -2.08. The van der Waals surface area contributed by atoms with E-state index >= 15 is 0 Å². The van der Waals surface area contributed by atoms with Crippen LogP contribution in [0, 0.1) is 0 Å². The van der Waals surface area contributed by atoms with Gasteiger partial charge in [0, 0.05) is 25.1 Å². The number of esters is 1. The molecule has 3 rings (SSSR count). The van der Waals surface area contributed by atoms with Crippen LogP contribution in [0.5, 0.6) is 5.75 Å². The van der Waals surface area contributed by atoms with Crippen LogP contribution in [0.1, 0.15) is 26.3 Å². The van der Waals surface area contributed by atoms with Gasteiger partial charge >= 0.3 is 5.97 Å². The first-order chi connectivity index (χ1) is 13.9. The van der Waals surface area contributed by atoms with E-state index in [1.54, 1.807) is 66.7 Å². The van der Waals surface area contributed by atoms with Gasteiger partial charge in [0.1, 0.15) is 5.75 Å². The Morgan fingerprint density at radius 1 is 0.897 bits per heavy atom. The molecule has 0 saturated heterocycles. The lowest BCUT2D eigenvalue weighted by Crippen LogP contribution is -2.17. The molecule has 146 valence electrons. The third-order valence-electron chi connectivity index (χ3n) is 3.73. The summed E-state index contributed by atoms with van der Waals surface area (Å²) >= 11 is 12.5. The number of carbonyl (C=O) groups is 2. The Hall–Kier alpha value is -2.48. The van der Waals surface area contributed by atoms with E-state index < -0.39 is 5.97 Å². The van der Waals surface area contributed by atoms with Gasteiger partial charge in [0.15, 0.2) is 0 Å². The number of carbonyl (C=O) groups excluding carboxylic acids is 2. The Morgan fingerprint density at radius 2 is 1.52 bits per heavy atom. The number of amides is 1. The summed E-state index contributed by atoms with van der Waals surface area (Å²) in [6.07, 6.45) is 1.41. The van der Waals surface area contributed by atoms with Crippen molar-refractivity contribution in [2.75, 3.05) is 0 Å². The minimum Gasteiger partial charge on any atom is -0.422 e. The SMILES string of the molecule is O=C(NN=Cc1cc(Br)ccc1OC(=O)c1ccc(Cl)cc1)c1ccc(Br)cc1. The van der Waals surface area contributed by atoms with Crippen LogP contribution in [0.2, 0.25) is 5.02 Å².